The van der Waals surface area contributed by atoms with Gasteiger partial charge in [-0.2, -0.15) is 0 Å². The van der Waals surface area contributed by atoms with E-state index in [1.165, 1.54) is 33.4 Å². The number of hydrogen-bond donors (Lipinski definition) is 0. The summed E-state index contributed by atoms with van der Waals surface area (Å²) in [6.07, 6.45) is 5.01. The van der Waals surface area contributed by atoms with Crippen molar-refractivity contribution < 1.29 is 33.2 Å². The zero-order chi connectivity index (χ0) is 24.5. The Hall–Kier alpha value is -1.84. The summed E-state index contributed by atoms with van der Waals surface area (Å²) in [5.74, 6) is 0. The third-order valence-electron chi connectivity index (χ3n) is 8.44. The summed E-state index contributed by atoms with van der Waals surface area (Å²) >= 11 is 0. The standard InChI is InChI=1S/C30H34O7/c1-3-19(7-23-11-32-23)27(20(4-1)8-24-12-33-24)29(17-36-29)15-31-16-30(18-37-30)28-21(9-25-13-34-25)5-2-6-22(28)10-26-14-35-26/h1-6,23-26H,7-18H2. The second kappa shape index (κ2) is 8.85. The Morgan fingerprint density at radius 2 is 0.865 bits per heavy atom. The number of hydrogen-bond acceptors (Lipinski definition) is 7. The smallest absolute Gasteiger partial charge is 0.140 e. The molecule has 0 radical (unpaired) electrons. The predicted molar refractivity (Wildman–Crippen MR) is 133 cm³/mol. The first-order chi connectivity index (χ1) is 18.2. The van der Waals surface area contributed by atoms with Gasteiger partial charge in [-0.15, -0.1) is 0 Å². The van der Waals surface area contributed by atoms with E-state index in [2.05, 4.69) is 36.4 Å². The molecule has 2 aromatic rings. The molecule has 7 heteroatoms. The van der Waals surface area contributed by atoms with Crippen LogP contribution in [0.2, 0.25) is 0 Å². The SMILES string of the molecule is c1cc(CC2CO2)c(C2(COCC3(c4c(CC5CO5)cccc4CC4CO4)CO3)CO2)c(CC2CO2)c1. The molecule has 0 saturated carbocycles. The van der Waals surface area contributed by atoms with E-state index in [0.29, 0.717) is 50.8 Å². The summed E-state index contributed by atoms with van der Waals surface area (Å²) in [6, 6.07) is 13.2. The van der Waals surface area contributed by atoms with Gasteiger partial charge in [-0.05, 0) is 33.4 Å². The third kappa shape index (κ3) is 4.99. The summed E-state index contributed by atoms with van der Waals surface area (Å²) in [7, 11) is 0. The maximum absolute atomic E-state index is 6.52. The highest BCUT2D eigenvalue weighted by Crippen LogP contribution is 2.47. The molecule has 0 bridgehead atoms. The van der Waals surface area contributed by atoms with Crippen molar-refractivity contribution in [1.29, 1.82) is 0 Å². The van der Waals surface area contributed by atoms with Gasteiger partial charge in [0.25, 0.3) is 0 Å². The molecule has 6 heterocycles. The van der Waals surface area contributed by atoms with Gasteiger partial charge in [-0.3, -0.25) is 0 Å². The van der Waals surface area contributed by atoms with Crippen LogP contribution in [0, 0.1) is 0 Å². The number of epoxide rings is 6. The Morgan fingerprint density at radius 3 is 1.11 bits per heavy atom. The second-order valence-corrected chi connectivity index (χ2v) is 11.6. The molecule has 6 aliphatic rings. The van der Waals surface area contributed by atoms with Crippen LogP contribution >= 0.6 is 0 Å². The second-order valence-electron chi connectivity index (χ2n) is 11.6. The fraction of sp³-hybridized carbons (Fsp3) is 0.600. The Bertz CT molecular complexity index is 1010. The molecular formula is C30H34O7. The molecule has 7 nitrogen and oxygen atoms in total. The van der Waals surface area contributed by atoms with Crippen molar-refractivity contribution in [2.45, 2.75) is 61.3 Å². The highest BCUT2D eigenvalue weighted by atomic mass is 16.6. The van der Waals surface area contributed by atoms with Gasteiger partial charge in [0.15, 0.2) is 0 Å². The van der Waals surface area contributed by atoms with Crippen molar-refractivity contribution in [1.82, 2.24) is 0 Å². The first-order valence-corrected chi connectivity index (χ1v) is 13.7. The molecule has 0 aliphatic carbocycles. The zero-order valence-corrected chi connectivity index (χ0v) is 21.1. The monoisotopic (exact) mass is 506 g/mol. The fourth-order valence-corrected chi connectivity index (χ4v) is 6.04. The van der Waals surface area contributed by atoms with E-state index in [0.717, 1.165) is 52.1 Å². The molecule has 0 amide bonds. The number of benzene rings is 2. The van der Waals surface area contributed by atoms with E-state index in [9.17, 15) is 0 Å². The minimum atomic E-state index is -0.391. The zero-order valence-electron chi connectivity index (χ0n) is 21.1. The maximum atomic E-state index is 6.52. The summed E-state index contributed by atoms with van der Waals surface area (Å²) in [4.78, 5) is 0. The van der Waals surface area contributed by atoms with E-state index in [1.54, 1.807) is 0 Å². The van der Waals surface area contributed by atoms with E-state index in [-0.39, 0.29) is 0 Å². The molecule has 0 N–H and O–H groups in total. The van der Waals surface area contributed by atoms with Crippen LogP contribution in [0.5, 0.6) is 0 Å². The van der Waals surface area contributed by atoms with E-state index >= 15 is 0 Å². The van der Waals surface area contributed by atoms with Crippen molar-refractivity contribution in [2.75, 3.05) is 52.9 Å². The van der Waals surface area contributed by atoms with Crippen LogP contribution in [-0.4, -0.2) is 77.3 Å². The number of rotatable bonds is 14. The maximum Gasteiger partial charge on any atom is 0.140 e. The molecule has 196 valence electrons. The van der Waals surface area contributed by atoms with Gasteiger partial charge in [0, 0.05) is 25.7 Å². The van der Waals surface area contributed by atoms with Crippen molar-refractivity contribution in [3.05, 3.63) is 69.8 Å². The first kappa shape index (κ1) is 23.1. The van der Waals surface area contributed by atoms with Crippen LogP contribution < -0.4 is 0 Å². The van der Waals surface area contributed by atoms with Crippen LogP contribution in [0.3, 0.4) is 0 Å². The Labute approximate surface area is 217 Å². The summed E-state index contributed by atoms with van der Waals surface area (Å²) in [6.45, 7) is 5.79. The van der Waals surface area contributed by atoms with Crippen molar-refractivity contribution in [3.63, 3.8) is 0 Å². The topological polar surface area (TPSA) is 84.4 Å². The lowest BCUT2D eigenvalue weighted by molar-refractivity contribution is 0.0393. The Balaban J connectivity index is 1.03. The van der Waals surface area contributed by atoms with Crippen LogP contribution in [0.4, 0.5) is 0 Å². The minimum Gasteiger partial charge on any atom is -0.375 e. The lowest BCUT2D eigenvalue weighted by Gasteiger charge is -2.24. The van der Waals surface area contributed by atoms with Crippen molar-refractivity contribution in [3.8, 4) is 0 Å². The van der Waals surface area contributed by atoms with Gasteiger partial charge in [0.1, 0.15) is 11.2 Å². The Morgan fingerprint density at radius 1 is 0.568 bits per heavy atom. The Kier molecular flexibility index (Phi) is 5.52. The lowest BCUT2D eigenvalue weighted by atomic mass is 9.86. The normalized spacial score (nSPS) is 36.3. The average Bonchev–Trinajstić information content (AvgIpc) is 3.67. The van der Waals surface area contributed by atoms with Crippen molar-refractivity contribution >= 4 is 0 Å². The minimum absolute atomic E-state index is 0.326. The lowest BCUT2D eigenvalue weighted by Crippen LogP contribution is -2.27. The van der Waals surface area contributed by atoms with Gasteiger partial charge < -0.3 is 33.2 Å². The first-order valence-electron chi connectivity index (χ1n) is 13.7. The van der Waals surface area contributed by atoms with Gasteiger partial charge in [-0.25, -0.2) is 0 Å². The van der Waals surface area contributed by atoms with Crippen molar-refractivity contribution in [2.24, 2.45) is 0 Å². The molecule has 6 fully saturated rings. The summed E-state index contributed by atoms with van der Waals surface area (Å²) < 4.78 is 41.2. The quantitative estimate of drug-likeness (QED) is 0.364. The van der Waals surface area contributed by atoms with Crippen LogP contribution in [0.1, 0.15) is 33.4 Å². The van der Waals surface area contributed by atoms with Crippen LogP contribution in [-0.2, 0) is 70.0 Å². The van der Waals surface area contributed by atoms with Gasteiger partial charge >= 0.3 is 0 Å². The highest BCUT2D eigenvalue weighted by molar-refractivity contribution is 5.45. The van der Waals surface area contributed by atoms with Crippen LogP contribution in [0.15, 0.2) is 36.4 Å². The molecule has 6 aliphatic heterocycles. The fourth-order valence-electron chi connectivity index (χ4n) is 6.04. The largest absolute Gasteiger partial charge is 0.375 e. The molecule has 6 unspecified atom stereocenters. The molecular weight excluding hydrogens is 472 g/mol. The third-order valence-corrected chi connectivity index (χ3v) is 8.44. The summed E-state index contributed by atoms with van der Waals surface area (Å²) in [5, 5.41) is 0. The molecule has 0 spiro atoms. The van der Waals surface area contributed by atoms with Crippen LogP contribution in [0.25, 0.3) is 0 Å². The molecule has 2 aromatic carbocycles. The molecule has 8 rings (SSSR count). The highest BCUT2D eigenvalue weighted by Gasteiger charge is 2.53. The van der Waals surface area contributed by atoms with Gasteiger partial charge in [0.2, 0.25) is 0 Å². The van der Waals surface area contributed by atoms with E-state index in [1.807, 2.05) is 0 Å². The predicted octanol–water partition coefficient (Wildman–Crippen LogP) is 2.62. The van der Waals surface area contributed by atoms with E-state index in [4.69, 9.17) is 33.2 Å². The summed E-state index contributed by atoms with van der Waals surface area (Å²) in [5.41, 5.74) is 7.09. The molecule has 37 heavy (non-hydrogen) atoms. The van der Waals surface area contributed by atoms with Gasteiger partial charge in [-0.1, -0.05) is 36.4 Å². The number of ether oxygens (including phenoxy) is 7. The molecule has 0 aromatic heterocycles. The molecule has 6 atom stereocenters. The van der Waals surface area contributed by atoms with Gasteiger partial charge in [0.05, 0.1) is 77.3 Å². The van der Waals surface area contributed by atoms with E-state index < -0.39 is 11.2 Å². The molecule has 6 saturated heterocycles. The average molecular weight is 507 g/mol.